The number of amides is 1. The molecular weight excluding hydrogens is 409 g/mol. The fourth-order valence-corrected chi connectivity index (χ4v) is 3.40. The maximum absolute atomic E-state index is 13.5. The predicted molar refractivity (Wildman–Crippen MR) is 98.7 cm³/mol. The molecule has 0 radical (unpaired) electrons. The topological polar surface area (TPSA) is 68.3 Å². The van der Waals surface area contributed by atoms with E-state index < -0.39 is 17.8 Å². The second-order valence-corrected chi connectivity index (χ2v) is 7.46. The van der Waals surface area contributed by atoms with E-state index in [1.165, 1.54) is 24.2 Å². The van der Waals surface area contributed by atoms with E-state index in [0.29, 0.717) is 27.5 Å². The van der Waals surface area contributed by atoms with Gasteiger partial charge in [-0.25, -0.2) is 9.50 Å². The molecule has 3 aromatic heterocycles. The van der Waals surface area contributed by atoms with Crippen molar-refractivity contribution in [1.82, 2.24) is 29.3 Å². The van der Waals surface area contributed by atoms with Crippen LogP contribution in [0, 0.1) is 0 Å². The van der Waals surface area contributed by atoms with Gasteiger partial charge in [-0.2, -0.15) is 23.4 Å². The quantitative estimate of drug-likeness (QED) is 0.623. The number of nitrogens with zero attached hydrogens (tertiary/aromatic N) is 6. The molecule has 1 saturated carbocycles. The SMILES string of the molecule is CCn1ncc(Cl)c1CN(C)C(=O)c1cc2nc(C3CC3)cc(C(F)(F)F)n2n1. The lowest BCUT2D eigenvalue weighted by Gasteiger charge is -2.16. The van der Waals surface area contributed by atoms with Crippen molar-refractivity contribution >= 4 is 23.2 Å². The van der Waals surface area contributed by atoms with Crippen LogP contribution in [0.1, 0.15) is 53.3 Å². The minimum atomic E-state index is -4.61. The first-order valence-electron chi connectivity index (χ1n) is 9.12. The van der Waals surface area contributed by atoms with Crippen LogP contribution in [0.3, 0.4) is 0 Å². The van der Waals surface area contributed by atoms with E-state index in [9.17, 15) is 18.0 Å². The molecule has 1 aliphatic rings. The molecule has 3 heterocycles. The highest BCUT2D eigenvalue weighted by Crippen LogP contribution is 2.41. The summed E-state index contributed by atoms with van der Waals surface area (Å²) in [5, 5.41) is 8.43. The molecule has 29 heavy (non-hydrogen) atoms. The van der Waals surface area contributed by atoms with Gasteiger partial charge in [0.2, 0.25) is 0 Å². The summed E-state index contributed by atoms with van der Waals surface area (Å²) in [7, 11) is 1.53. The molecule has 154 valence electrons. The summed E-state index contributed by atoms with van der Waals surface area (Å²) in [6.45, 7) is 2.60. The van der Waals surface area contributed by atoms with Gasteiger partial charge in [-0.1, -0.05) is 11.6 Å². The van der Waals surface area contributed by atoms with E-state index in [4.69, 9.17) is 11.6 Å². The second kappa shape index (κ2) is 7.01. The normalized spacial score (nSPS) is 14.6. The smallest absolute Gasteiger partial charge is 0.334 e. The second-order valence-electron chi connectivity index (χ2n) is 7.05. The molecule has 0 saturated heterocycles. The van der Waals surface area contributed by atoms with Crippen molar-refractivity contribution in [3.05, 3.63) is 46.1 Å². The molecule has 0 N–H and O–H groups in total. The van der Waals surface area contributed by atoms with Crippen LogP contribution in [0.25, 0.3) is 5.65 Å². The van der Waals surface area contributed by atoms with Gasteiger partial charge < -0.3 is 4.90 Å². The van der Waals surface area contributed by atoms with E-state index in [0.717, 1.165) is 18.9 Å². The lowest BCUT2D eigenvalue weighted by molar-refractivity contribution is -0.142. The first kappa shape index (κ1) is 19.7. The number of rotatable bonds is 5. The fourth-order valence-electron chi connectivity index (χ4n) is 3.20. The van der Waals surface area contributed by atoms with E-state index in [1.54, 1.807) is 4.68 Å². The molecule has 0 aromatic carbocycles. The molecule has 1 amide bonds. The molecule has 3 aromatic rings. The van der Waals surface area contributed by atoms with E-state index in [2.05, 4.69) is 15.2 Å². The van der Waals surface area contributed by atoms with Gasteiger partial charge in [0.15, 0.2) is 11.3 Å². The monoisotopic (exact) mass is 426 g/mol. The van der Waals surface area contributed by atoms with Crippen molar-refractivity contribution in [3.8, 4) is 0 Å². The zero-order valence-corrected chi connectivity index (χ0v) is 16.5. The Morgan fingerprint density at radius 1 is 1.34 bits per heavy atom. The maximum Gasteiger partial charge on any atom is 0.433 e. The van der Waals surface area contributed by atoms with Gasteiger partial charge in [0.05, 0.1) is 23.5 Å². The summed E-state index contributed by atoms with van der Waals surface area (Å²) >= 11 is 6.13. The van der Waals surface area contributed by atoms with Gasteiger partial charge in [0.25, 0.3) is 5.91 Å². The van der Waals surface area contributed by atoms with Crippen molar-refractivity contribution < 1.29 is 18.0 Å². The Labute approximate surface area is 169 Å². The molecule has 0 unspecified atom stereocenters. The van der Waals surface area contributed by atoms with Crippen LogP contribution in [0.2, 0.25) is 5.02 Å². The highest BCUT2D eigenvalue weighted by Gasteiger charge is 2.37. The highest BCUT2D eigenvalue weighted by atomic mass is 35.5. The molecule has 0 aliphatic heterocycles. The van der Waals surface area contributed by atoms with Crippen molar-refractivity contribution in [2.24, 2.45) is 0 Å². The number of fused-ring (bicyclic) bond motifs is 1. The van der Waals surface area contributed by atoms with Crippen molar-refractivity contribution in [1.29, 1.82) is 0 Å². The first-order valence-corrected chi connectivity index (χ1v) is 9.50. The summed E-state index contributed by atoms with van der Waals surface area (Å²) in [4.78, 5) is 18.4. The van der Waals surface area contributed by atoms with Crippen LogP contribution in [-0.4, -0.2) is 42.2 Å². The maximum atomic E-state index is 13.5. The molecule has 0 bridgehead atoms. The number of alkyl halides is 3. The standard InChI is InChI=1S/C18H18ClF3N6O/c1-3-27-14(11(19)8-23-27)9-26(2)17(29)13-7-16-24-12(10-4-5-10)6-15(18(20,21)22)28(16)25-13/h6-8,10H,3-5,9H2,1-2H3. The molecule has 11 heteroatoms. The number of hydrogen-bond acceptors (Lipinski definition) is 4. The zero-order chi connectivity index (χ0) is 20.9. The van der Waals surface area contributed by atoms with Gasteiger partial charge in [0.1, 0.15) is 5.69 Å². The number of hydrogen-bond donors (Lipinski definition) is 0. The van der Waals surface area contributed by atoms with Crippen molar-refractivity contribution in [2.75, 3.05) is 7.05 Å². The van der Waals surface area contributed by atoms with Crippen molar-refractivity contribution in [2.45, 2.75) is 44.9 Å². The van der Waals surface area contributed by atoms with Gasteiger partial charge in [0, 0.05) is 31.3 Å². The summed E-state index contributed by atoms with van der Waals surface area (Å²) in [5.41, 5.74) is -0.0138. The summed E-state index contributed by atoms with van der Waals surface area (Å²) < 4.78 is 42.9. The Balaban J connectivity index is 1.68. The number of carbonyl (C=O) groups is 1. The number of aromatic nitrogens is 5. The lowest BCUT2D eigenvalue weighted by atomic mass is 10.2. The van der Waals surface area contributed by atoms with Crippen LogP contribution in [0.5, 0.6) is 0 Å². The third kappa shape index (κ3) is 3.68. The van der Waals surface area contributed by atoms with Crippen molar-refractivity contribution in [3.63, 3.8) is 0 Å². The number of carbonyl (C=O) groups excluding carboxylic acids is 1. The Morgan fingerprint density at radius 2 is 2.07 bits per heavy atom. The molecular formula is C18H18ClF3N6O. The molecule has 4 rings (SSSR count). The molecule has 1 aliphatic carbocycles. The van der Waals surface area contributed by atoms with Crippen LogP contribution in [-0.2, 0) is 19.3 Å². The zero-order valence-electron chi connectivity index (χ0n) is 15.7. The fraction of sp³-hybridized carbons (Fsp3) is 0.444. The van der Waals surface area contributed by atoms with Gasteiger partial charge in [-0.05, 0) is 25.8 Å². The summed E-state index contributed by atoms with van der Waals surface area (Å²) in [5.74, 6) is -0.495. The Kier molecular flexibility index (Phi) is 4.76. The Bertz CT molecular complexity index is 1090. The lowest BCUT2D eigenvalue weighted by Crippen LogP contribution is -2.28. The summed E-state index contributed by atoms with van der Waals surface area (Å²) in [6, 6.07) is 2.31. The molecule has 7 nitrogen and oxygen atoms in total. The molecule has 0 atom stereocenters. The highest BCUT2D eigenvalue weighted by molar-refractivity contribution is 6.31. The molecule has 0 spiro atoms. The van der Waals surface area contributed by atoms with Gasteiger partial charge in [-0.15, -0.1) is 0 Å². The largest absolute Gasteiger partial charge is 0.433 e. The van der Waals surface area contributed by atoms with Crippen LogP contribution < -0.4 is 0 Å². The Hall–Kier alpha value is -2.62. The number of halogens is 4. The van der Waals surface area contributed by atoms with Crippen LogP contribution in [0.4, 0.5) is 13.2 Å². The van der Waals surface area contributed by atoms with Crippen LogP contribution >= 0.6 is 11.6 Å². The van der Waals surface area contributed by atoms with Gasteiger partial charge >= 0.3 is 6.18 Å². The third-order valence-corrected chi connectivity index (χ3v) is 5.20. The van der Waals surface area contributed by atoms with Gasteiger partial charge in [-0.3, -0.25) is 9.48 Å². The van der Waals surface area contributed by atoms with E-state index >= 15 is 0 Å². The van der Waals surface area contributed by atoms with E-state index in [-0.39, 0.29) is 23.8 Å². The summed E-state index contributed by atoms with van der Waals surface area (Å²) in [6.07, 6.45) is -1.49. The van der Waals surface area contributed by atoms with E-state index in [1.807, 2.05) is 6.92 Å². The Morgan fingerprint density at radius 3 is 2.69 bits per heavy atom. The third-order valence-electron chi connectivity index (χ3n) is 4.88. The molecule has 1 fully saturated rings. The predicted octanol–water partition coefficient (Wildman–Crippen LogP) is 3.77. The van der Waals surface area contributed by atoms with Crippen LogP contribution in [0.15, 0.2) is 18.3 Å². The average molecular weight is 427 g/mol. The first-order chi connectivity index (χ1) is 13.7. The minimum Gasteiger partial charge on any atom is -0.334 e. The minimum absolute atomic E-state index is 0.00936. The number of aryl methyl sites for hydroxylation is 1. The average Bonchev–Trinajstić information content (AvgIpc) is 3.34.